The molecule has 1 aliphatic rings. The SMILES string of the molecule is COc1ccc(C(=O)NC2=C(c3ccc(C)cc3)CC(c3cnn(CCCCCC(F)(F)F)c3)(C(F)(F)F)NC2=O)cc1. The summed E-state index contributed by atoms with van der Waals surface area (Å²) in [6.45, 7) is 1.90. The van der Waals surface area contributed by atoms with Crippen molar-refractivity contribution in [2.24, 2.45) is 0 Å². The van der Waals surface area contributed by atoms with Crippen LogP contribution in [-0.4, -0.2) is 41.1 Å². The maximum absolute atomic E-state index is 14.9. The Morgan fingerprint density at radius 2 is 1.70 bits per heavy atom. The Bertz CT molecular complexity index is 1480. The molecular weight excluding hydrogens is 578 g/mol. The van der Waals surface area contributed by atoms with Crippen LogP contribution < -0.4 is 15.4 Å². The van der Waals surface area contributed by atoms with Crippen LogP contribution in [0.15, 0.2) is 66.6 Å². The number of carbonyl (C=O) groups excluding carboxylic acids is 2. The van der Waals surface area contributed by atoms with Crippen molar-refractivity contribution in [2.75, 3.05) is 7.11 Å². The Balaban J connectivity index is 1.67. The van der Waals surface area contributed by atoms with Crippen molar-refractivity contribution in [1.82, 2.24) is 20.4 Å². The minimum atomic E-state index is -4.98. The van der Waals surface area contributed by atoms with Gasteiger partial charge in [0.2, 0.25) is 0 Å². The van der Waals surface area contributed by atoms with Crippen LogP contribution in [-0.2, 0) is 16.9 Å². The number of alkyl halides is 6. The molecule has 4 rings (SSSR count). The number of ether oxygens (including phenoxy) is 1. The molecule has 0 saturated carbocycles. The monoisotopic (exact) mass is 608 g/mol. The molecule has 1 aliphatic heterocycles. The Labute approximate surface area is 243 Å². The number of carbonyl (C=O) groups is 2. The predicted molar refractivity (Wildman–Crippen MR) is 146 cm³/mol. The van der Waals surface area contributed by atoms with E-state index < -0.39 is 42.5 Å². The molecule has 1 aromatic heterocycles. The average molecular weight is 609 g/mol. The van der Waals surface area contributed by atoms with E-state index in [2.05, 4.69) is 15.7 Å². The van der Waals surface area contributed by atoms with Crippen LogP contribution in [0.1, 0.15) is 59.2 Å². The molecule has 0 bridgehead atoms. The van der Waals surface area contributed by atoms with Crippen molar-refractivity contribution in [1.29, 1.82) is 0 Å². The van der Waals surface area contributed by atoms with E-state index >= 15 is 0 Å². The fourth-order valence-corrected chi connectivity index (χ4v) is 4.84. The molecule has 2 aromatic carbocycles. The summed E-state index contributed by atoms with van der Waals surface area (Å²) in [7, 11) is 1.45. The molecule has 13 heteroatoms. The second-order valence-corrected chi connectivity index (χ2v) is 10.4. The molecule has 0 saturated heterocycles. The summed E-state index contributed by atoms with van der Waals surface area (Å²) < 4.78 is 88.3. The number of rotatable bonds is 10. The lowest BCUT2D eigenvalue weighted by atomic mass is 9.78. The van der Waals surface area contributed by atoms with Gasteiger partial charge in [-0.05, 0) is 55.2 Å². The molecule has 1 atom stereocenters. The van der Waals surface area contributed by atoms with Crippen LogP contribution in [0.25, 0.3) is 5.57 Å². The molecule has 7 nitrogen and oxygen atoms in total. The molecular formula is C30H30F6N4O3. The number of nitrogens with zero attached hydrogens (tertiary/aromatic N) is 2. The lowest BCUT2D eigenvalue weighted by Crippen LogP contribution is -2.60. The second kappa shape index (κ2) is 12.5. The third kappa shape index (κ3) is 7.38. The number of unbranched alkanes of at least 4 members (excludes halogenated alkanes) is 2. The lowest BCUT2D eigenvalue weighted by Gasteiger charge is -2.40. The van der Waals surface area contributed by atoms with Crippen LogP contribution >= 0.6 is 0 Å². The van der Waals surface area contributed by atoms with Crippen molar-refractivity contribution >= 4 is 17.4 Å². The van der Waals surface area contributed by atoms with E-state index in [4.69, 9.17) is 4.74 Å². The number of halogens is 6. The second-order valence-electron chi connectivity index (χ2n) is 10.4. The van der Waals surface area contributed by atoms with Gasteiger partial charge in [0.25, 0.3) is 11.8 Å². The van der Waals surface area contributed by atoms with Crippen molar-refractivity contribution < 1.29 is 40.7 Å². The predicted octanol–water partition coefficient (Wildman–Crippen LogP) is 6.44. The Hall–Kier alpha value is -4.29. The first kappa shape index (κ1) is 31.6. The summed E-state index contributed by atoms with van der Waals surface area (Å²) in [6.07, 6.45) is -8.41. The third-order valence-corrected chi connectivity index (χ3v) is 7.25. The van der Waals surface area contributed by atoms with E-state index in [-0.39, 0.29) is 48.2 Å². The van der Waals surface area contributed by atoms with Crippen LogP contribution in [0.2, 0.25) is 0 Å². The van der Waals surface area contributed by atoms with Crippen molar-refractivity contribution in [3.63, 3.8) is 0 Å². The Kier molecular flexibility index (Phi) is 9.21. The summed E-state index contributed by atoms with van der Waals surface area (Å²) >= 11 is 0. The quantitative estimate of drug-likeness (QED) is 0.205. The van der Waals surface area contributed by atoms with E-state index in [1.165, 1.54) is 36.1 Å². The number of hydrogen-bond donors (Lipinski definition) is 2. The van der Waals surface area contributed by atoms with E-state index in [1.54, 1.807) is 31.2 Å². The number of benzene rings is 2. The van der Waals surface area contributed by atoms with Crippen molar-refractivity contribution in [3.8, 4) is 5.75 Å². The van der Waals surface area contributed by atoms with Gasteiger partial charge < -0.3 is 15.4 Å². The Morgan fingerprint density at radius 3 is 2.30 bits per heavy atom. The maximum atomic E-state index is 14.9. The first-order valence-corrected chi connectivity index (χ1v) is 13.5. The highest BCUT2D eigenvalue weighted by Gasteiger charge is 2.60. The molecule has 2 N–H and O–H groups in total. The van der Waals surface area contributed by atoms with Crippen molar-refractivity contribution in [2.45, 2.75) is 63.5 Å². The van der Waals surface area contributed by atoms with Crippen LogP contribution in [0.3, 0.4) is 0 Å². The zero-order chi connectivity index (χ0) is 31.4. The van der Waals surface area contributed by atoms with Gasteiger partial charge in [0.05, 0.1) is 13.3 Å². The lowest BCUT2D eigenvalue weighted by molar-refractivity contribution is -0.201. The van der Waals surface area contributed by atoms with Gasteiger partial charge in [0.1, 0.15) is 11.4 Å². The van der Waals surface area contributed by atoms with E-state index in [1.807, 2.05) is 0 Å². The number of aromatic nitrogens is 2. The first-order chi connectivity index (χ1) is 20.2. The molecule has 0 aliphatic carbocycles. The molecule has 0 spiro atoms. The molecule has 1 unspecified atom stereocenters. The highest BCUT2D eigenvalue weighted by molar-refractivity contribution is 6.09. The highest BCUT2D eigenvalue weighted by atomic mass is 19.4. The number of aryl methyl sites for hydroxylation is 2. The van der Waals surface area contributed by atoms with Gasteiger partial charge in [-0.1, -0.05) is 36.2 Å². The molecule has 2 amide bonds. The molecule has 43 heavy (non-hydrogen) atoms. The van der Waals surface area contributed by atoms with Crippen LogP contribution in [0.5, 0.6) is 5.75 Å². The minimum Gasteiger partial charge on any atom is -0.497 e. The molecule has 0 fully saturated rings. The zero-order valence-electron chi connectivity index (χ0n) is 23.4. The Morgan fingerprint density at radius 1 is 1.02 bits per heavy atom. The van der Waals surface area contributed by atoms with Gasteiger partial charge in [0, 0.05) is 36.7 Å². The third-order valence-electron chi connectivity index (χ3n) is 7.25. The number of hydrogen-bond acceptors (Lipinski definition) is 4. The van der Waals surface area contributed by atoms with Gasteiger partial charge in [-0.15, -0.1) is 0 Å². The van der Waals surface area contributed by atoms with E-state index in [0.717, 1.165) is 18.0 Å². The molecule has 3 aromatic rings. The normalized spacial score (nSPS) is 17.5. The van der Waals surface area contributed by atoms with Gasteiger partial charge >= 0.3 is 12.4 Å². The standard InChI is InChI=1S/C30H30F6N4O3/c1-19-6-8-20(9-7-19)24-16-28(30(34,35)36,22-17-37-40(18-22)15-5-3-4-14-29(31,32)33)39-27(42)25(24)38-26(41)21-10-12-23(43-2)13-11-21/h6-13,17-18H,3-5,14-16H2,1-2H3,(H,38,41)(H,39,42). The summed E-state index contributed by atoms with van der Waals surface area (Å²) in [5.74, 6) is -1.35. The number of nitrogens with one attached hydrogen (secondary N) is 2. The first-order valence-electron chi connectivity index (χ1n) is 13.5. The smallest absolute Gasteiger partial charge is 0.416 e. The van der Waals surface area contributed by atoms with E-state index in [9.17, 15) is 35.9 Å². The summed E-state index contributed by atoms with van der Waals surface area (Å²) in [5, 5.41) is 8.59. The summed E-state index contributed by atoms with van der Waals surface area (Å²) in [4.78, 5) is 26.5. The topological polar surface area (TPSA) is 85.2 Å². The minimum absolute atomic E-state index is 0.0252. The highest BCUT2D eigenvalue weighted by Crippen LogP contribution is 2.48. The number of methoxy groups -OCH3 is 1. The molecule has 2 heterocycles. The summed E-state index contributed by atoms with van der Waals surface area (Å²) in [5.41, 5.74) is -2.25. The van der Waals surface area contributed by atoms with Crippen LogP contribution in [0, 0.1) is 6.92 Å². The van der Waals surface area contributed by atoms with Crippen molar-refractivity contribution in [3.05, 3.63) is 88.9 Å². The van der Waals surface area contributed by atoms with Gasteiger partial charge in [-0.3, -0.25) is 14.3 Å². The van der Waals surface area contributed by atoms with Crippen LogP contribution in [0.4, 0.5) is 26.3 Å². The fourth-order valence-electron chi connectivity index (χ4n) is 4.84. The maximum Gasteiger partial charge on any atom is 0.416 e. The number of amides is 2. The van der Waals surface area contributed by atoms with E-state index in [0.29, 0.717) is 11.3 Å². The van der Waals surface area contributed by atoms with Gasteiger partial charge in [-0.2, -0.15) is 31.4 Å². The van der Waals surface area contributed by atoms with Gasteiger partial charge in [-0.25, -0.2) is 0 Å². The fraction of sp³-hybridized carbons (Fsp3) is 0.367. The molecule has 230 valence electrons. The largest absolute Gasteiger partial charge is 0.497 e. The van der Waals surface area contributed by atoms with Gasteiger partial charge in [0.15, 0.2) is 5.54 Å². The average Bonchev–Trinajstić information content (AvgIpc) is 3.42. The summed E-state index contributed by atoms with van der Waals surface area (Å²) in [6, 6.07) is 12.5. The molecule has 0 radical (unpaired) electrons. The zero-order valence-corrected chi connectivity index (χ0v) is 23.4.